The Bertz CT molecular complexity index is 835. The Labute approximate surface area is 162 Å². The van der Waals surface area contributed by atoms with Gasteiger partial charge in [-0.25, -0.2) is 4.98 Å². The summed E-state index contributed by atoms with van der Waals surface area (Å²) in [7, 11) is 0. The molecule has 2 N–H and O–H groups in total. The summed E-state index contributed by atoms with van der Waals surface area (Å²) in [4.78, 5) is 34.2. The molecule has 3 rings (SSSR count). The SMILES string of the molecule is Cc1sc2nc(CS[C@H](C)C(=O)NC3CCCCCC3)[nH]c(=O)c2c1C. The maximum Gasteiger partial charge on any atom is 0.259 e. The molecule has 1 amide bonds. The van der Waals surface area contributed by atoms with Crippen molar-refractivity contribution in [1.29, 1.82) is 0 Å². The van der Waals surface area contributed by atoms with Crippen molar-refractivity contribution >= 4 is 39.2 Å². The maximum atomic E-state index is 12.4. The van der Waals surface area contributed by atoms with Gasteiger partial charge >= 0.3 is 0 Å². The average molecular weight is 394 g/mol. The van der Waals surface area contributed by atoms with Gasteiger partial charge < -0.3 is 10.3 Å². The smallest absolute Gasteiger partial charge is 0.259 e. The fourth-order valence-electron chi connectivity index (χ4n) is 3.39. The maximum absolute atomic E-state index is 12.4. The van der Waals surface area contributed by atoms with E-state index in [4.69, 9.17) is 0 Å². The molecule has 7 heteroatoms. The van der Waals surface area contributed by atoms with Gasteiger partial charge in [-0.2, -0.15) is 0 Å². The summed E-state index contributed by atoms with van der Waals surface area (Å²) in [6, 6.07) is 0.319. The summed E-state index contributed by atoms with van der Waals surface area (Å²) in [5, 5.41) is 3.73. The van der Waals surface area contributed by atoms with E-state index in [0.717, 1.165) is 28.1 Å². The monoisotopic (exact) mass is 393 g/mol. The minimum atomic E-state index is -0.161. The predicted molar refractivity (Wildman–Crippen MR) is 110 cm³/mol. The Balaban J connectivity index is 1.60. The Hall–Kier alpha value is -1.34. The number of aromatic amines is 1. The number of H-pyrrole nitrogens is 1. The molecule has 142 valence electrons. The number of thiophene rings is 1. The third kappa shape index (κ3) is 4.49. The second-order valence-corrected chi connectivity index (χ2v) is 9.66. The molecule has 1 aliphatic rings. The molecule has 5 nitrogen and oxygen atoms in total. The number of aryl methyl sites for hydroxylation is 2. The van der Waals surface area contributed by atoms with E-state index in [0.29, 0.717) is 23.0 Å². The van der Waals surface area contributed by atoms with Crippen LogP contribution in [0.1, 0.15) is 61.7 Å². The van der Waals surface area contributed by atoms with Crippen molar-refractivity contribution in [2.45, 2.75) is 76.3 Å². The largest absolute Gasteiger partial charge is 0.352 e. The van der Waals surface area contributed by atoms with E-state index in [1.54, 1.807) is 11.3 Å². The Morgan fingerprint density at radius 3 is 2.69 bits per heavy atom. The third-order valence-corrected chi connectivity index (χ3v) is 7.38. The van der Waals surface area contributed by atoms with Crippen LogP contribution in [0.3, 0.4) is 0 Å². The molecule has 26 heavy (non-hydrogen) atoms. The summed E-state index contributed by atoms with van der Waals surface area (Å²) in [6.45, 7) is 5.89. The van der Waals surface area contributed by atoms with Crippen LogP contribution in [0, 0.1) is 13.8 Å². The molecular weight excluding hydrogens is 366 g/mol. The number of hydrogen-bond acceptors (Lipinski definition) is 5. The van der Waals surface area contributed by atoms with Crippen LogP contribution >= 0.6 is 23.1 Å². The normalized spacial score (nSPS) is 17.2. The molecule has 1 atom stereocenters. The van der Waals surface area contributed by atoms with Crippen molar-refractivity contribution in [2.75, 3.05) is 0 Å². The standard InChI is InChI=1S/C19H27N3O2S2/c1-11-12(2)26-19-16(11)18(24)21-15(22-19)10-25-13(3)17(23)20-14-8-6-4-5-7-9-14/h13-14H,4-10H2,1-3H3,(H,20,23)(H,21,22,24)/t13-/m1/s1. The Morgan fingerprint density at radius 1 is 1.31 bits per heavy atom. The van der Waals surface area contributed by atoms with Gasteiger partial charge in [0.2, 0.25) is 5.91 Å². The average Bonchev–Trinajstić information content (AvgIpc) is 2.78. The fraction of sp³-hybridized carbons (Fsp3) is 0.632. The topological polar surface area (TPSA) is 74.8 Å². The number of rotatable bonds is 5. The minimum absolute atomic E-state index is 0.0805. The molecule has 2 aromatic rings. The van der Waals surface area contributed by atoms with E-state index >= 15 is 0 Å². The lowest BCUT2D eigenvalue weighted by molar-refractivity contribution is -0.121. The molecule has 2 heterocycles. The molecule has 0 saturated heterocycles. The third-order valence-electron chi connectivity index (χ3n) is 5.13. The van der Waals surface area contributed by atoms with Crippen LogP contribution in [0.4, 0.5) is 0 Å². The molecule has 0 bridgehead atoms. The van der Waals surface area contributed by atoms with Crippen LogP contribution in [0.25, 0.3) is 10.2 Å². The second-order valence-electron chi connectivity index (χ2n) is 7.13. The van der Waals surface area contributed by atoms with Crippen LogP contribution in [-0.2, 0) is 10.5 Å². The van der Waals surface area contributed by atoms with Crippen molar-refractivity contribution in [2.24, 2.45) is 0 Å². The number of nitrogens with one attached hydrogen (secondary N) is 2. The molecule has 2 aromatic heterocycles. The minimum Gasteiger partial charge on any atom is -0.352 e. The first-order chi connectivity index (χ1) is 12.5. The zero-order valence-corrected chi connectivity index (χ0v) is 17.3. The zero-order chi connectivity index (χ0) is 18.7. The molecule has 0 aromatic carbocycles. The van der Waals surface area contributed by atoms with Crippen LogP contribution in [0.5, 0.6) is 0 Å². The lowest BCUT2D eigenvalue weighted by Crippen LogP contribution is -2.39. The predicted octanol–water partition coefficient (Wildman–Crippen LogP) is 4.06. The van der Waals surface area contributed by atoms with Gasteiger partial charge in [0, 0.05) is 10.9 Å². The molecule has 0 aliphatic heterocycles. The van der Waals surface area contributed by atoms with Crippen LogP contribution in [0.2, 0.25) is 0 Å². The van der Waals surface area contributed by atoms with Crippen LogP contribution < -0.4 is 10.9 Å². The molecular formula is C19H27N3O2S2. The fourth-order valence-corrected chi connectivity index (χ4v) is 5.20. The Kier molecular flexibility index (Phi) is 6.40. The summed E-state index contributed by atoms with van der Waals surface area (Å²) in [6.07, 6.45) is 7.14. The van der Waals surface area contributed by atoms with Crippen LogP contribution in [0.15, 0.2) is 4.79 Å². The number of nitrogens with zero attached hydrogens (tertiary/aromatic N) is 1. The van der Waals surface area contributed by atoms with Crippen molar-refractivity contribution in [3.63, 3.8) is 0 Å². The van der Waals surface area contributed by atoms with E-state index in [-0.39, 0.29) is 16.7 Å². The zero-order valence-electron chi connectivity index (χ0n) is 15.7. The summed E-state index contributed by atoms with van der Waals surface area (Å²) in [5.41, 5.74) is 0.928. The van der Waals surface area contributed by atoms with Crippen LogP contribution in [-0.4, -0.2) is 27.2 Å². The van der Waals surface area contributed by atoms with Gasteiger partial charge in [0.1, 0.15) is 10.7 Å². The van der Waals surface area contributed by atoms with Gasteiger partial charge in [0.05, 0.1) is 16.4 Å². The molecule has 0 radical (unpaired) electrons. The summed E-state index contributed by atoms with van der Waals surface area (Å²) >= 11 is 3.07. The molecule has 1 saturated carbocycles. The summed E-state index contributed by atoms with van der Waals surface area (Å²) in [5.74, 6) is 1.26. The van der Waals surface area contributed by atoms with E-state index in [1.807, 2.05) is 20.8 Å². The first-order valence-corrected chi connectivity index (χ1v) is 11.2. The highest BCUT2D eigenvalue weighted by Crippen LogP contribution is 2.26. The lowest BCUT2D eigenvalue weighted by Gasteiger charge is -2.19. The first-order valence-electron chi connectivity index (χ1n) is 9.36. The Morgan fingerprint density at radius 2 is 2.00 bits per heavy atom. The number of carbonyl (C=O) groups excluding carboxylic acids is 1. The number of thioether (sulfide) groups is 1. The number of hydrogen-bond donors (Lipinski definition) is 2. The van der Waals surface area contributed by atoms with Crippen molar-refractivity contribution in [3.05, 3.63) is 26.6 Å². The number of aromatic nitrogens is 2. The molecule has 1 fully saturated rings. The van der Waals surface area contributed by atoms with Crippen molar-refractivity contribution < 1.29 is 4.79 Å². The van der Waals surface area contributed by atoms with E-state index in [9.17, 15) is 9.59 Å². The lowest BCUT2D eigenvalue weighted by atomic mass is 10.1. The van der Waals surface area contributed by atoms with Gasteiger partial charge in [0.25, 0.3) is 5.56 Å². The first kappa shape index (κ1) is 19.4. The van der Waals surface area contributed by atoms with E-state index in [2.05, 4.69) is 15.3 Å². The summed E-state index contributed by atoms with van der Waals surface area (Å²) < 4.78 is 0. The molecule has 0 unspecified atom stereocenters. The van der Waals surface area contributed by atoms with Gasteiger partial charge in [-0.05, 0) is 39.2 Å². The van der Waals surface area contributed by atoms with Gasteiger partial charge in [-0.1, -0.05) is 25.7 Å². The number of amides is 1. The number of fused-ring (bicyclic) bond motifs is 1. The van der Waals surface area contributed by atoms with Gasteiger partial charge in [0.15, 0.2) is 0 Å². The van der Waals surface area contributed by atoms with E-state index in [1.165, 1.54) is 37.4 Å². The second kappa shape index (κ2) is 8.57. The van der Waals surface area contributed by atoms with Crippen molar-refractivity contribution in [1.82, 2.24) is 15.3 Å². The van der Waals surface area contributed by atoms with Gasteiger partial charge in [-0.15, -0.1) is 23.1 Å². The number of carbonyl (C=O) groups is 1. The highest BCUT2D eigenvalue weighted by atomic mass is 32.2. The van der Waals surface area contributed by atoms with Gasteiger partial charge in [-0.3, -0.25) is 9.59 Å². The molecule has 1 aliphatic carbocycles. The quantitative estimate of drug-likeness (QED) is 0.751. The van der Waals surface area contributed by atoms with E-state index < -0.39 is 0 Å². The highest BCUT2D eigenvalue weighted by Gasteiger charge is 2.20. The van der Waals surface area contributed by atoms with Crippen molar-refractivity contribution in [3.8, 4) is 0 Å². The molecule has 0 spiro atoms. The highest BCUT2D eigenvalue weighted by molar-refractivity contribution is 7.99.